The second-order valence-electron chi connectivity index (χ2n) is 5.10. The maximum absolute atomic E-state index is 11.7. The van der Waals surface area contributed by atoms with Gasteiger partial charge in [-0.25, -0.2) is 0 Å². The lowest BCUT2D eigenvalue weighted by molar-refractivity contribution is -0.384. The molecule has 0 unspecified atom stereocenters. The van der Waals surface area contributed by atoms with Crippen molar-refractivity contribution < 1.29 is 19.2 Å². The standard InChI is InChI=1S/C17H13NO5S/c19-15(20)10-24-9-14-12-6-7-23-8-13(12)16(17(14)18(21)22)11-4-2-1-3-5-11/h1-8H,9-10H2,(H,19,20). The molecule has 1 aromatic carbocycles. The molecule has 122 valence electrons. The Morgan fingerprint density at radius 3 is 2.62 bits per heavy atom. The monoisotopic (exact) mass is 343 g/mol. The highest BCUT2D eigenvalue weighted by Gasteiger charge is 2.32. The molecule has 2 aliphatic rings. The predicted molar refractivity (Wildman–Crippen MR) is 91.2 cm³/mol. The molecule has 1 aliphatic carbocycles. The van der Waals surface area contributed by atoms with E-state index >= 15 is 0 Å². The SMILES string of the molecule is O=C(O)CSCc1c2ccocc-2c(-c2ccccc2)c1[N+](=O)[O-]. The first-order valence-corrected chi connectivity index (χ1v) is 8.25. The van der Waals surface area contributed by atoms with E-state index in [2.05, 4.69) is 0 Å². The molecule has 7 heteroatoms. The zero-order valence-electron chi connectivity index (χ0n) is 12.5. The highest BCUT2D eigenvalue weighted by atomic mass is 32.2. The summed E-state index contributed by atoms with van der Waals surface area (Å²) in [5.41, 5.74) is 3.13. The van der Waals surface area contributed by atoms with Crippen LogP contribution in [0.1, 0.15) is 5.56 Å². The van der Waals surface area contributed by atoms with E-state index in [1.54, 1.807) is 6.07 Å². The van der Waals surface area contributed by atoms with Gasteiger partial charge in [0.25, 0.3) is 5.69 Å². The lowest BCUT2D eigenvalue weighted by Crippen LogP contribution is -1.99. The van der Waals surface area contributed by atoms with E-state index in [0.29, 0.717) is 22.3 Å². The third kappa shape index (κ3) is 2.98. The zero-order valence-corrected chi connectivity index (χ0v) is 13.3. The number of thioether (sulfide) groups is 1. The van der Waals surface area contributed by atoms with Crippen molar-refractivity contribution in [2.45, 2.75) is 5.75 Å². The highest BCUT2D eigenvalue weighted by molar-refractivity contribution is 7.99. The molecule has 0 atom stereocenters. The Morgan fingerprint density at radius 1 is 1.21 bits per heavy atom. The summed E-state index contributed by atoms with van der Waals surface area (Å²) in [6.45, 7) is 0. The van der Waals surface area contributed by atoms with Crippen LogP contribution in [0.15, 0.2) is 53.3 Å². The van der Waals surface area contributed by atoms with Crippen LogP contribution in [-0.2, 0) is 10.5 Å². The fraction of sp³-hybridized carbons (Fsp3) is 0.118. The van der Waals surface area contributed by atoms with Gasteiger partial charge in [0.05, 0.1) is 28.8 Å². The fourth-order valence-corrected chi connectivity index (χ4v) is 3.49. The van der Waals surface area contributed by atoms with Gasteiger partial charge in [-0.2, -0.15) is 0 Å². The lowest BCUT2D eigenvalue weighted by Gasteiger charge is -2.02. The van der Waals surface area contributed by atoms with Gasteiger partial charge in [-0.05, 0) is 17.2 Å². The van der Waals surface area contributed by atoms with Gasteiger partial charge in [-0.15, -0.1) is 11.8 Å². The van der Waals surface area contributed by atoms with E-state index in [1.807, 2.05) is 30.3 Å². The summed E-state index contributed by atoms with van der Waals surface area (Å²) in [6.07, 6.45) is 2.96. The molecule has 3 rings (SSSR count). The quantitative estimate of drug-likeness (QED) is 0.530. The molecule has 0 saturated heterocycles. The van der Waals surface area contributed by atoms with Crippen molar-refractivity contribution in [3.8, 4) is 22.3 Å². The molecule has 0 aromatic heterocycles. The summed E-state index contributed by atoms with van der Waals surface area (Å²) in [5, 5.41) is 20.5. The van der Waals surface area contributed by atoms with Crippen LogP contribution in [0.25, 0.3) is 22.3 Å². The van der Waals surface area contributed by atoms with Crippen LogP contribution >= 0.6 is 11.8 Å². The molecule has 0 fully saturated rings. The van der Waals surface area contributed by atoms with Crippen molar-refractivity contribution in [3.63, 3.8) is 0 Å². The molecule has 0 saturated carbocycles. The van der Waals surface area contributed by atoms with Crippen LogP contribution in [0.3, 0.4) is 0 Å². The van der Waals surface area contributed by atoms with Crippen molar-refractivity contribution in [3.05, 3.63) is 64.6 Å². The maximum atomic E-state index is 11.7. The normalized spacial score (nSPS) is 10.8. The number of carbonyl (C=O) groups is 1. The van der Waals surface area contributed by atoms with Gasteiger partial charge in [0.1, 0.15) is 0 Å². The summed E-state index contributed by atoms with van der Waals surface area (Å²) < 4.78 is 5.22. The Kier molecular flexibility index (Phi) is 4.52. The van der Waals surface area contributed by atoms with E-state index in [0.717, 1.165) is 17.3 Å². The molecular weight excluding hydrogens is 330 g/mol. The molecule has 0 bridgehead atoms. The first kappa shape index (κ1) is 16.1. The van der Waals surface area contributed by atoms with Crippen molar-refractivity contribution in [1.29, 1.82) is 0 Å². The molecule has 0 radical (unpaired) electrons. The minimum atomic E-state index is -0.947. The molecule has 6 nitrogen and oxygen atoms in total. The zero-order chi connectivity index (χ0) is 17.1. The van der Waals surface area contributed by atoms with Crippen LogP contribution in [-0.4, -0.2) is 21.8 Å². The molecular formula is C17H13NO5S. The maximum Gasteiger partial charge on any atom is 0.313 e. The van der Waals surface area contributed by atoms with E-state index in [9.17, 15) is 14.9 Å². The Hall–Kier alpha value is -2.80. The minimum Gasteiger partial charge on any atom is -0.481 e. The molecule has 24 heavy (non-hydrogen) atoms. The molecule has 1 aromatic rings. The van der Waals surface area contributed by atoms with E-state index in [-0.39, 0.29) is 17.2 Å². The van der Waals surface area contributed by atoms with Gasteiger partial charge >= 0.3 is 5.97 Å². The summed E-state index contributed by atoms with van der Waals surface area (Å²) in [7, 11) is 0. The van der Waals surface area contributed by atoms with Crippen molar-refractivity contribution in [1.82, 2.24) is 0 Å². The van der Waals surface area contributed by atoms with E-state index in [4.69, 9.17) is 9.52 Å². The Bertz CT molecular complexity index is 859. The van der Waals surface area contributed by atoms with Crippen LogP contribution in [0.4, 0.5) is 5.69 Å². The van der Waals surface area contributed by atoms with Gasteiger partial charge in [-0.1, -0.05) is 30.3 Å². The lowest BCUT2D eigenvalue weighted by atomic mass is 10.0. The second-order valence-corrected chi connectivity index (χ2v) is 6.08. The summed E-state index contributed by atoms with van der Waals surface area (Å²) in [4.78, 5) is 22.1. The van der Waals surface area contributed by atoms with Crippen LogP contribution in [0.5, 0.6) is 0 Å². The number of carboxylic acid groups (broad SMARTS) is 1. The van der Waals surface area contributed by atoms with Crippen molar-refractivity contribution >= 4 is 23.4 Å². The Morgan fingerprint density at radius 2 is 1.96 bits per heavy atom. The first-order valence-electron chi connectivity index (χ1n) is 7.09. The third-order valence-electron chi connectivity index (χ3n) is 3.62. The molecule has 1 heterocycles. The molecule has 1 N–H and O–H groups in total. The number of nitrogens with zero attached hydrogens (tertiary/aromatic N) is 1. The van der Waals surface area contributed by atoms with Crippen LogP contribution in [0, 0.1) is 10.1 Å². The van der Waals surface area contributed by atoms with Crippen molar-refractivity contribution in [2.24, 2.45) is 0 Å². The average molecular weight is 343 g/mol. The van der Waals surface area contributed by atoms with Gasteiger partial charge < -0.3 is 9.52 Å². The highest BCUT2D eigenvalue weighted by Crippen LogP contribution is 2.48. The number of hydrogen-bond donors (Lipinski definition) is 1. The summed E-state index contributed by atoms with van der Waals surface area (Å²) in [6, 6.07) is 10.8. The van der Waals surface area contributed by atoms with Gasteiger partial charge in [0.2, 0.25) is 0 Å². The first-order chi connectivity index (χ1) is 11.6. The van der Waals surface area contributed by atoms with E-state index < -0.39 is 10.9 Å². The smallest absolute Gasteiger partial charge is 0.313 e. The number of hydrogen-bond acceptors (Lipinski definition) is 5. The second kappa shape index (κ2) is 6.76. The molecule has 1 aliphatic heterocycles. The largest absolute Gasteiger partial charge is 0.481 e. The van der Waals surface area contributed by atoms with Crippen molar-refractivity contribution in [2.75, 3.05) is 5.75 Å². The van der Waals surface area contributed by atoms with E-state index in [1.165, 1.54) is 12.5 Å². The van der Waals surface area contributed by atoms with Gasteiger partial charge in [0.15, 0.2) is 0 Å². The topological polar surface area (TPSA) is 93.6 Å². The molecule has 0 amide bonds. The fourth-order valence-electron chi connectivity index (χ4n) is 2.72. The summed E-state index contributed by atoms with van der Waals surface area (Å²) in [5.74, 6) is -0.811. The Balaban J connectivity index is 2.18. The number of fused-ring (bicyclic) bond motifs is 1. The number of carboxylic acids is 1. The van der Waals surface area contributed by atoms with Gasteiger partial charge in [-0.3, -0.25) is 14.9 Å². The van der Waals surface area contributed by atoms with Crippen LogP contribution in [0.2, 0.25) is 0 Å². The minimum absolute atomic E-state index is 0.00971. The summed E-state index contributed by atoms with van der Waals surface area (Å²) >= 11 is 1.13. The number of rotatable bonds is 6. The third-order valence-corrected chi connectivity index (χ3v) is 4.57. The average Bonchev–Trinajstić information content (AvgIpc) is 2.90. The number of aliphatic carboxylic acids is 1. The Labute approximate surface area is 141 Å². The predicted octanol–water partition coefficient (Wildman–Crippen LogP) is 4.28. The number of benzene rings is 1. The molecule has 0 spiro atoms. The van der Waals surface area contributed by atoms with Gasteiger partial charge in [0, 0.05) is 16.9 Å². The van der Waals surface area contributed by atoms with Crippen LogP contribution < -0.4 is 0 Å². The number of nitro groups is 1.